The van der Waals surface area contributed by atoms with Gasteiger partial charge in [0.15, 0.2) is 0 Å². The summed E-state index contributed by atoms with van der Waals surface area (Å²) in [5, 5.41) is 12.6. The fourth-order valence-corrected chi connectivity index (χ4v) is 1.32. The number of hydrogen-bond donors (Lipinski definition) is 2. The van der Waals surface area contributed by atoms with Gasteiger partial charge in [-0.25, -0.2) is 0 Å². The number of rotatable bonds is 6. The third-order valence-corrected chi connectivity index (χ3v) is 2.95. The molecule has 0 fully saturated rings. The zero-order valence-corrected chi connectivity index (χ0v) is 10.4. The molecule has 0 heterocycles. The van der Waals surface area contributed by atoms with Gasteiger partial charge in [-0.05, 0) is 31.5 Å². The zero-order valence-electron chi connectivity index (χ0n) is 10.4. The SMILES string of the molecule is COc1ccc(CN[C@@](C)(C=O)[C@@H](C)O)cc1. The Morgan fingerprint density at radius 1 is 1.47 bits per heavy atom. The molecule has 0 saturated heterocycles. The van der Waals surface area contributed by atoms with Crippen molar-refractivity contribution in [1.82, 2.24) is 5.32 Å². The van der Waals surface area contributed by atoms with E-state index in [9.17, 15) is 9.90 Å². The van der Waals surface area contributed by atoms with Crippen molar-refractivity contribution in [2.45, 2.75) is 32.0 Å². The summed E-state index contributed by atoms with van der Waals surface area (Å²) in [6.45, 7) is 3.79. The van der Waals surface area contributed by atoms with Crippen LogP contribution in [-0.4, -0.2) is 30.1 Å². The lowest BCUT2D eigenvalue weighted by Crippen LogP contribution is -2.51. The van der Waals surface area contributed by atoms with Gasteiger partial charge in [0.25, 0.3) is 0 Å². The van der Waals surface area contributed by atoms with E-state index >= 15 is 0 Å². The second-order valence-electron chi connectivity index (χ2n) is 4.28. The van der Waals surface area contributed by atoms with Gasteiger partial charge in [0.2, 0.25) is 0 Å². The number of hydrogen-bond acceptors (Lipinski definition) is 4. The van der Waals surface area contributed by atoms with Crippen LogP contribution in [0.1, 0.15) is 19.4 Å². The molecule has 4 nitrogen and oxygen atoms in total. The van der Waals surface area contributed by atoms with E-state index in [0.717, 1.165) is 17.6 Å². The number of ether oxygens (including phenoxy) is 1. The molecule has 0 spiro atoms. The smallest absolute Gasteiger partial charge is 0.142 e. The summed E-state index contributed by atoms with van der Waals surface area (Å²) in [6, 6.07) is 7.55. The molecular formula is C13H19NO3. The molecule has 1 rings (SSSR count). The Balaban J connectivity index is 2.63. The van der Waals surface area contributed by atoms with Crippen molar-refractivity contribution in [2.24, 2.45) is 0 Å². The first-order valence-corrected chi connectivity index (χ1v) is 5.54. The standard InChI is InChI=1S/C13H19NO3/c1-10(16)13(2,9-15)14-8-11-4-6-12(17-3)7-5-11/h4-7,9-10,14,16H,8H2,1-3H3/t10-,13+/m1/s1. The second-order valence-corrected chi connectivity index (χ2v) is 4.28. The number of carbonyl (C=O) groups is 1. The first-order valence-electron chi connectivity index (χ1n) is 5.54. The van der Waals surface area contributed by atoms with Crippen molar-refractivity contribution in [2.75, 3.05) is 7.11 Å². The van der Waals surface area contributed by atoms with E-state index in [1.165, 1.54) is 0 Å². The van der Waals surface area contributed by atoms with E-state index in [1.54, 1.807) is 21.0 Å². The van der Waals surface area contributed by atoms with Crippen LogP contribution >= 0.6 is 0 Å². The van der Waals surface area contributed by atoms with Crippen LogP contribution in [0.4, 0.5) is 0 Å². The number of aliphatic hydroxyl groups is 1. The molecule has 0 unspecified atom stereocenters. The van der Waals surface area contributed by atoms with Gasteiger partial charge in [0.1, 0.15) is 12.0 Å². The largest absolute Gasteiger partial charge is 0.497 e. The molecule has 94 valence electrons. The summed E-state index contributed by atoms with van der Waals surface area (Å²) in [6.07, 6.45) is -0.000441. The summed E-state index contributed by atoms with van der Waals surface area (Å²) < 4.78 is 5.06. The van der Waals surface area contributed by atoms with Crippen LogP contribution in [-0.2, 0) is 11.3 Å². The molecule has 0 saturated carbocycles. The van der Waals surface area contributed by atoms with Crippen LogP contribution in [0, 0.1) is 0 Å². The number of aldehydes is 1. The molecule has 0 aromatic heterocycles. The lowest BCUT2D eigenvalue weighted by atomic mass is 9.97. The molecule has 1 aromatic carbocycles. The van der Waals surface area contributed by atoms with Gasteiger partial charge < -0.3 is 14.6 Å². The molecule has 4 heteroatoms. The maximum Gasteiger partial charge on any atom is 0.142 e. The second kappa shape index (κ2) is 5.80. The first kappa shape index (κ1) is 13.7. The molecule has 0 aliphatic rings. The number of aliphatic hydroxyl groups excluding tert-OH is 1. The zero-order chi connectivity index (χ0) is 12.9. The van der Waals surface area contributed by atoms with Crippen LogP contribution in [0.15, 0.2) is 24.3 Å². The molecule has 0 aliphatic heterocycles. The normalized spacial score (nSPS) is 16.0. The molecule has 17 heavy (non-hydrogen) atoms. The van der Waals surface area contributed by atoms with E-state index in [0.29, 0.717) is 6.54 Å². The summed E-state index contributed by atoms with van der Waals surface area (Å²) in [4.78, 5) is 10.9. The number of nitrogens with one attached hydrogen (secondary N) is 1. The Morgan fingerprint density at radius 3 is 2.47 bits per heavy atom. The maximum atomic E-state index is 10.9. The van der Waals surface area contributed by atoms with E-state index in [-0.39, 0.29) is 0 Å². The third kappa shape index (κ3) is 3.54. The van der Waals surface area contributed by atoms with Crippen molar-refractivity contribution in [3.63, 3.8) is 0 Å². The van der Waals surface area contributed by atoms with Crippen molar-refractivity contribution in [1.29, 1.82) is 0 Å². The van der Waals surface area contributed by atoms with Crippen LogP contribution in [0.5, 0.6) is 5.75 Å². The minimum atomic E-state index is -0.917. The highest BCUT2D eigenvalue weighted by molar-refractivity contribution is 5.64. The molecule has 2 N–H and O–H groups in total. The van der Waals surface area contributed by atoms with Crippen LogP contribution in [0.3, 0.4) is 0 Å². The lowest BCUT2D eigenvalue weighted by molar-refractivity contribution is -0.116. The molecule has 0 amide bonds. The fraction of sp³-hybridized carbons (Fsp3) is 0.462. The fourth-order valence-electron chi connectivity index (χ4n) is 1.32. The minimum absolute atomic E-state index is 0.518. The highest BCUT2D eigenvalue weighted by Crippen LogP contribution is 2.13. The van der Waals surface area contributed by atoms with Crippen LogP contribution in [0.25, 0.3) is 0 Å². The van der Waals surface area contributed by atoms with Gasteiger partial charge in [-0.1, -0.05) is 12.1 Å². The van der Waals surface area contributed by atoms with Crippen LogP contribution < -0.4 is 10.1 Å². The summed E-state index contributed by atoms with van der Waals surface area (Å²) in [5.74, 6) is 0.794. The van der Waals surface area contributed by atoms with E-state index in [4.69, 9.17) is 4.74 Å². The summed E-state index contributed by atoms with van der Waals surface area (Å²) in [5.41, 5.74) is 0.111. The Kier molecular flexibility index (Phi) is 4.66. The third-order valence-electron chi connectivity index (χ3n) is 2.95. The summed E-state index contributed by atoms with van der Waals surface area (Å²) in [7, 11) is 1.62. The Labute approximate surface area is 102 Å². The Bertz CT molecular complexity index is 361. The Hall–Kier alpha value is -1.39. The van der Waals surface area contributed by atoms with E-state index < -0.39 is 11.6 Å². The topological polar surface area (TPSA) is 58.6 Å². The molecule has 0 bridgehead atoms. The molecule has 0 aliphatic carbocycles. The minimum Gasteiger partial charge on any atom is -0.497 e. The molecule has 0 radical (unpaired) electrons. The van der Waals surface area contributed by atoms with Gasteiger partial charge in [0.05, 0.1) is 18.8 Å². The van der Waals surface area contributed by atoms with Gasteiger partial charge in [-0.2, -0.15) is 0 Å². The molecular weight excluding hydrogens is 218 g/mol. The molecule has 1 aromatic rings. The number of benzene rings is 1. The van der Waals surface area contributed by atoms with Crippen molar-refractivity contribution < 1.29 is 14.6 Å². The summed E-state index contributed by atoms with van der Waals surface area (Å²) >= 11 is 0. The number of carbonyl (C=O) groups excluding carboxylic acids is 1. The van der Waals surface area contributed by atoms with Gasteiger partial charge in [-0.3, -0.25) is 5.32 Å². The average Bonchev–Trinajstić information content (AvgIpc) is 2.36. The maximum absolute atomic E-state index is 10.9. The van der Waals surface area contributed by atoms with Crippen LogP contribution in [0.2, 0.25) is 0 Å². The van der Waals surface area contributed by atoms with Gasteiger partial charge in [-0.15, -0.1) is 0 Å². The van der Waals surface area contributed by atoms with Crippen molar-refractivity contribution in [3.8, 4) is 5.75 Å². The predicted octanol–water partition coefficient (Wildman–Crippen LogP) is 1.12. The quantitative estimate of drug-likeness (QED) is 0.728. The number of methoxy groups -OCH3 is 1. The first-order chi connectivity index (χ1) is 8.01. The highest BCUT2D eigenvalue weighted by atomic mass is 16.5. The highest BCUT2D eigenvalue weighted by Gasteiger charge is 2.28. The van der Waals surface area contributed by atoms with Crippen molar-refractivity contribution >= 4 is 6.29 Å². The predicted molar refractivity (Wildman–Crippen MR) is 66.0 cm³/mol. The Morgan fingerprint density at radius 2 is 2.06 bits per heavy atom. The monoisotopic (exact) mass is 237 g/mol. The van der Waals surface area contributed by atoms with Gasteiger partial charge >= 0.3 is 0 Å². The van der Waals surface area contributed by atoms with E-state index in [2.05, 4.69) is 5.32 Å². The van der Waals surface area contributed by atoms with Gasteiger partial charge in [0, 0.05) is 6.54 Å². The van der Waals surface area contributed by atoms with Crippen molar-refractivity contribution in [3.05, 3.63) is 29.8 Å². The average molecular weight is 237 g/mol. The van der Waals surface area contributed by atoms with E-state index in [1.807, 2.05) is 24.3 Å². The molecule has 2 atom stereocenters. The lowest BCUT2D eigenvalue weighted by Gasteiger charge is -2.27.